The summed E-state index contributed by atoms with van der Waals surface area (Å²) in [4.78, 5) is 62.1. The Labute approximate surface area is 282 Å². The Balaban J connectivity index is 1.42. The molecule has 11 nitrogen and oxygen atoms in total. The Morgan fingerprint density at radius 1 is 0.653 bits per heavy atom. The predicted molar refractivity (Wildman–Crippen MR) is 178 cm³/mol. The van der Waals surface area contributed by atoms with Gasteiger partial charge in [-0.15, -0.1) is 0 Å². The predicted octanol–water partition coefficient (Wildman–Crippen LogP) is 6.08. The van der Waals surface area contributed by atoms with E-state index < -0.39 is 42.0 Å². The van der Waals surface area contributed by atoms with Crippen molar-refractivity contribution in [1.29, 1.82) is 0 Å². The number of allylic oxidation sites excluding steroid dienone is 1. The van der Waals surface area contributed by atoms with E-state index >= 15 is 0 Å². The average Bonchev–Trinajstić information content (AvgIpc) is 3.13. The van der Waals surface area contributed by atoms with Gasteiger partial charge in [0, 0.05) is 89.2 Å². The number of hydrogen-bond acceptors (Lipinski definition) is 10. The largest absolute Gasteiger partial charge is 0.478 e. The third-order valence-electron chi connectivity index (χ3n) is 8.23. The van der Waals surface area contributed by atoms with Crippen molar-refractivity contribution in [1.82, 2.24) is 19.9 Å². The summed E-state index contributed by atoms with van der Waals surface area (Å²) >= 11 is 0. The molecule has 0 aliphatic carbocycles. The molecule has 0 saturated heterocycles. The zero-order chi connectivity index (χ0) is 34.3. The van der Waals surface area contributed by atoms with Crippen LogP contribution in [-0.2, 0) is 19.1 Å². The molecule has 5 aromatic rings. The van der Waals surface area contributed by atoms with Crippen molar-refractivity contribution >= 4 is 23.6 Å². The van der Waals surface area contributed by atoms with Crippen LogP contribution in [0.3, 0.4) is 0 Å². The van der Waals surface area contributed by atoms with Crippen LogP contribution in [0.2, 0.25) is 0 Å². The molecule has 0 radical (unpaired) electrons. The summed E-state index contributed by atoms with van der Waals surface area (Å²) < 4.78 is 12.5. The molecule has 1 N–H and O–H groups in total. The van der Waals surface area contributed by atoms with Crippen LogP contribution in [0.25, 0.3) is 0 Å². The smallest absolute Gasteiger partial charge is 0.337 e. The summed E-state index contributed by atoms with van der Waals surface area (Å²) in [5, 5.41) is 9.58. The first-order valence-electron chi connectivity index (χ1n) is 15.4. The SMILES string of the molecule is CC1=NC(C)=C(C(=O)OC(c2cccnc2)c2cccnc2)C(c2ccc(C(=O)O)cc2)C1C(=O)OC(c1cccnc1)c1cccnc1. The van der Waals surface area contributed by atoms with E-state index in [0.29, 0.717) is 39.2 Å². The summed E-state index contributed by atoms with van der Waals surface area (Å²) in [6.07, 6.45) is 11.2. The maximum atomic E-state index is 14.4. The first kappa shape index (κ1) is 32.6. The van der Waals surface area contributed by atoms with Gasteiger partial charge in [-0.1, -0.05) is 36.4 Å². The molecule has 4 aromatic heterocycles. The highest BCUT2D eigenvalue weighted by Gasteiger charge is 2.44. The Kier molecular flexibility index (Phi) is 9.70. The van der Waals surface area contributed by atoms with Crippen LogP contribution < -0.4 is 0 Å². The van der Waals surface area contributed by atoms with Crippen molar-refractivity contribution in [3.8, 4) is 0 Å². The highest BCUT2D eigenvalue weighted by molar-refractivity contribution is 6.07. The van der Waals surface area contributed by atoms with E-state index in [9.17, 15) is 19.5 Å². The normalized spacial score (nSPS) is 15.9. The van der Waals surface area contributed by atoms with E-state index in [-0.39, 0.29) is 11.1 Å². The third kappa shape index (κ3) is 7.15. The number of pyridine rings is 4. The molecule has 5 heterocycles. The van der Waals surface area contributed by atoms with Gasteiger partial charge in [-0.05, 0) is 55.8 Å². The van der Waals surface area contributed by atoms with Gasteiger partial charge in [0.2, 0.25) is 0 Å². The molecule has 244 valence electrons. The molecule has 2 atom stereocenters. The van der Waals surface area contributed by atoms with Crippen LogP contribution in [0.15, 0.2) is 139 Å². The number of nitrogens with zero attached hydrogens (tertiary/aromatic N) is 5. The topological polar surface area (TPSA) is 154 Å². The minimum Gasteiger partial charge on any atom is -0.478 e. The van der Waals surface area contributed by atoms with Gasteiger partial charge in [-0.3, -0.25) is 29.7 Å². The molecular formula is C38H31N5O6. The lowest BCUT2D eigenvalue weighted by Gasteiger charge is -2.33. The Morgan fingerprint density at radius 3 is 1.51 bits per heavy atom. The maximum absolute atomic E-state index is 14.4. The first-order valence-corrected chi connectivity index (χ1v) is 15.4. The molecular weight excluding hydrogens is 622 g/mol. The van der Waals surface area contributed by atoms with Crippen molar-refractivity contribution in [2.45, 2.75) is 32.0 Å². The van der Waals surface area contributed by atoms with Crippen molar-refractivity contribution in [3.63, 3.8) is 0 Å². The average molecular weight is 654 g/mol. The molecule has 0 saturated carbocycles. The fourth-order valence-corrected chi connectivity index (χ4v) is 5.94. The Hall–Kier alpha value is -6.36. The number of carboxylic acid groups (broad SMARTS) is 1. The van der Waals surface area contributed by atoms with Gasteiger partial charge in [0.1, 0.15) is 5.92 Å². The summed E-state index contributed by atoms with van der Waals surface area (Å²) in [5.41, 5.74) is 3.94. The number of benzene rings is 1. The van der Waals surface area contributed by atoms with Gasteiger partial charge < -0.3 is 14.6 Å². The molecule has 0 spiro atoms. The fourth-order valence-electron chi connectivity index (χ4n) is 5.94. The van der Waals surface area contributed by atoms with Gasteiger partial charge in [0.25, 0.3) is 0 Å². The first-order chi connectivity index (χ1) is 23.8. The number of carboxylic acids is 1. The van der Waals surface area contributed by atoms with Crippen LogP contribution in [0.5, 0.6) is 0 Å². The number of aliphatic imine (C=N–C) groups is 1. The molecule has 11 heteroatoms. The number of carbonyl (C=O) groups excluding carboxylic acids is 2. The Bertz CT molecular complexity index is 1930. The monoisotopic (exact) mass is 653 g/mol. The fraction of sp³-hybridized carbons (Fsp3) is 0.158. The van der Waals surface area contributed by atoms with E-state index in [4.69, 9.17) is 9.47 Å². The third-order valence-corrected chi connectivity index (χ3v) is 8.23. The zero-order valence-corrected chi connectivity index (χ0v) is 26.6. The zero-order valence-electron chi connectivity index (χ0n) is 26.6. The quantitative estimate of drug-likeness (QED) is 0.176. The summed E-state index contributed by atoms with van der Waals surface area (Å²) in [6, 6.07) is 20.2. The molecule has 0 fully saturated rings. The number of carbonyl (C=O) groups is 3. The second-order valence-electron chi connectivity index (χ2n) is 11.4. The van der Waals surface area contributed by atoms with E-state index in [1.807, 2.05) is 0 Å². The maximum Gasteiger partial charge on any atom is 0.337 e. The van der Waals surface area contributed by atoms with Crippen LogP contribution in [0.1, 0.15) is 70.1 Å². The summed E-state index contributed by atoms with van der Waals surface area (Å²) in [7, 11) is 0. The van der Waals surface area contributed by atoms with Crippen molar-refractivity contribution in [3.05, 3.63) is 167 Å². The van der Waals surface area contributed by atoms with Crippen molar-refractivity contribution < 1.29 is 29.0 Å². The van der Waals surface area contributed by atoms with Gasteiger partial charge >= 0.3 is 17.9 Å². The molecule has 0 amide bonds. The molecule has 1 aliphatic heterocycles. The highest BCUT2D eigenvalue weighted by Crippen LogP contribution is 2.42. The number of rotatable bonds is 10. The second-order valence-corrected chi connectivity index (χ2v) is 11.4. The second kappa shape index (κ2) is 14.6. The summed E-state index contributed by atoms with van der Waals surface area (Å²) in [6.45, 7) is 3.38. The lowest BCUT2D eigenvalue weighted by Crippen LogP contribution is -2.37. The van der Waals surface area contributed by atoms with Gasteiger partial charge in [-0.25, -0.2) is 9.59 Å². The van der Waals surface area contributed by atoms with Gasteiger partial charge in [-0.2, -0.15) is 0 Å². The van der Waals surface area contributed by atoms with E-state index in [0.717, 1.165) is 0 Å². The number of ether oxygens (including phenoxy) is 2. The number of aromatic carboxylic acids is 1. The molecule has 6 rings (SSSR count). The number of esters is 2. The molecule has 1 aromatic carbocycles. The van der Waals surface area contributed by atoms with E-state index in [1.54, 1.807) is 124 Å². The Morgan fingerprint density at radius 2 is 1.10 bits per heavy atom. The summed E-state index contributed by atoms with van der Waals surface area (Å²) in [5.74, 6) is -4.49. The molecule has 49 heavy (non-hydrogen) atoms. The van der Waals surface area contributed by atoms with Crippen molar-refractivity contribution in [2.24, 2.45) is 10.9 Å². The standard InChI is InChI=1S/C38H31N5O6/c1-23-31(37(46)48-34(27-7-3-15-39-19-27)28-8-4-16-40-20-28)33(25-11-13-26(14-12-25)36(44)45)32(24(2)43-23)38(47)49-35(29-9-5-17-41-21-29)30-10-6-18-42-22-30/h3-22,31,33-35H,1-2H3,(H,44,45). The number of aromatic nitrogens is 4. The minimum absolute atomic E-state index is 0.0512. The van der Waals surface area contributed by atoms with E-state index in [1.165, 1.54) is 12.1 Å². The molecule has 2 unspecified atom stereocenters. The van der Waals surface area contributed by atoms with E-state index in [2.05, 4.69) is 24.9 Å². The lowest BCUT2D eigenvalue weighted by atomic mass is 9.75. The van der Waals surface area contributed by atoms with Crippen LogP contribution >= 0.6 is 0 Å². The highest BCUT2D eigenvalue weighted by atomic mass is 16.5. The lowest BCUT2D eigenvalue weighted by molar-refractivity contribution is -0.151. The van der Waals surface area contributed by atoms with Crippen LogP contribution in [-0.4, -0.2) is 48.7 Å². The minimum atomic E-state index is -1.11. The van der Waals surface area contributed by atoms with Gasteiger partial charge in [0.15, 0.2) is 12.2 Å². The van der Waals surface area contributed by atoms with Crippen LogP contribution in [0.4, 0.5) is 0 Å². The molecule has 0 bridgehead atoms. The van der Waals surface area contributed by atoms with Crippen LogP contribution in [0, 0.1) is 5.92 Å². The molecule has 1 aliphatic rings. The number of hydrogen-bond donors (Lipinski definition) is 1. The van der Waals surface area contributed by atoms with Gasteiger partial charge in [0.05, 0.1) is 11.1 Å². The van der Waals surface area contributed by atoms with Crippen molar-refractivity contribution in [2.75, 3.05) is 0 Å².